The number of para-hydroxylation sites is 1. The minimum Gasteiger partial charge on any atom is -0.326 e. The standard InChI is InChI=1S/C24H25ClN2O/c1-16(24(28)27-20-12-10-19(25)11-13-20)17-6-8-18(9-7-17)21-14-15-26-23-5-3-2-4-22(21)23/h2-5,10-18H,6-9H2,1H3,(H,27,28)/t16?,17-,18+. The third-order valence-electron chi connectivity index (χ3n) is 6.13. The van der Waals surface area contributed by atoms with Crippen LogP contribution >= 0.6 is 11.6 Å². The van der Waals surface area contributed by atoms with Gasteiger partial charge in [-0.1, -0.05) is 36.7 Å². The lowest BCUT2D eigenvalue weighted by molar-refractivity contribution is -0.121. The molecule has 1 N–H and O–H groups in total. The van der Waals surface area contributed by atoms with Crippen molar-refractivity contribution in [1.29, 1.82) is 0 Å². The fraction of sp³-hybridized carbons (Fsp3) is 0.333. The number of rotatable bonds is 4. The molecule has 1 aliphatic carbocycles. The Morgan fingerprint density at radius 3 is 2.50 bits per heavy atom. The van der Waals surface area contributed by atoms with E-state index in [0.717, 1.165) is 36.9 Å². The van der Waals surface area contributed by atoms with Crippen molar-refractivity contribution in [2.45, 2.75) is 38.5 Å². The second-order valence-electron chi connectivity index (χ2n) is 7.81. The molecule has 0 bridgehead atoms. The number of benzene rings is 2. The molecule has 1 unspecified atom stereocenters. The molecule has 4 rings (SSSR count). The SMILES string of the molecule is CC(C(=O)Nc1ccc(Cl)cc1)[C@H]1CC[C@@H](c2ccnc3ccccc32)CC1. The van der Waals surface area contributed by atoms with Gasteiger partial charge in [-0.25, -0.2) is 0 Å². The van der Waals surface area contributed by atoms with Gasteiger partial charge in [0.2, 0.25) is 5.91 Å². The number of nitrogens with one attached hydrogen (secondary N) is 1. The van der Waals surface area contributed by atoms with Crippen LogP contribution in [0.4, 0.5) is 5.69 Å². The van der Waals surface area contributed by atoms with E-state index >= 15 is 0 Å². The number of carbonyl (C=O) groups is 1. The van der Waals surface area contributed by atoms with Crippen LogP contribution in [0, 0.1) is 11.8 Å². The Morgan fingerprint density at radius 1 is 1.04 bits per heavy atom. The molecule has 1 fully saturated rings. The summed E-state index contributed by atoms with van der Waals surface area (Å²) in [6.45, 7) is 2.05. The molecular weight excluding hydrogens is 368 g/mol. The minimum atomic E-state index is 0.00538. The summed E-state index contributed by atoms with van der Waals surface area (Å²) < 4.78 is 0. The second-order valence-corrected chi connectivity index (χ2v) is 8.25. The monoisotopic (exact) mass is 392 g/mol. The molecule has 0 saturated heterocycles. The van der Waals surface area contributed by atoms with Crippen LogP contribution in [-0.2, 0) is 4.79 Å². The first-order chi connectivity index (χ1) is 13.6. The molecule has 1 aromatic heterocycles. The molecule has 144 valence electrons. The average Bonchev–Trinajstić information content (AvgIpc) is 2.74. The van der Waals surface area contributed by atoms with Crippen LogP contribution in [0.25, 0.3) is 10.9 Å². The highest BCUT2D eigenvalue weighted by Crippen LogP contribution is 2.40. The Bertz CT molecular complexity index is 957. The maximum atomic E-state index is 12.7. The van der Waals surface area contributed by atoms with Gasteiger partial charge in [-0.15, -0.1) is 0 Å². The molecule has 0 radical (unpaired) electrons. The van der Waals surface area contributed by atoms with Gasteiger partial charge in [0.05, 0.1) is 5.52 Å². The zero-order valence-electron chi connectivity index (χ0n) is 16.1. The summed E-state index contributed by atoms with van der Waals surface area (Å²) in [5, 5.41) is 4.97. The van der Waals surface area contributed by atoms with E-state index in [0.29, 0.717) is 16.9 Å². The van der Waals surface area contributed by atoms with Crippen LogP contribution in [-0.4, -0.2) is 10.9 Å². The zero-order valence-corrected chi connectivity index (χ0v) is 16.8. The number of anilines is 1. The zero-order chi connectivity index (χ0) is 19.5. The van der Waals surface area contributed by atoms with Crippen molar-refractivity contribution in [3.05, 3.63) is 71.4 Å². The van der Waals surface area contributed by atoms with E-state index in [1.54, 1.807) is 12.1 Å². The van der Waals surface area contributed by atoms with Gasteiger partial charge in [-0.05, 0) is 79.5 Å². The van der Waals surface area contributed by atoms with Crippen LogP contribution in [0.15, 0.2) is 60.8 Å². The second kappa shape index (κ2) is 8.32. The maximum absolute atomic E-state index is 12.7. The van der Waals surface area contributed by atoms with Crippen molar-refractivity contribution in [1.82, 2.24) is 4.98 Å². The van der Waals surface area contributed by atoms with Crippen LogP contribution in [0.1, 0.15) is 44.1 Å². The average molecular weight is 393 g/mol. The third kappa shape index (κ3) is 4.05. The molecule has 4 heteroatoms. The van der Waals surface area contributed by atoms with Crippen LogP contribution in [0.3, 0.4) is 0 Å². The quantitative estimate of drug-likeness (QED) is 0.555. The third-order valence-corrected chi connectivity index (χ3v) is 6.38. The fourth-order valence-electron chi connectivity index (χ4n) is 4.41. The maximum Gasteiger partial charge on any atom is 0.227 e. The molecule has 1 aliphatic rings. The Labute approximate surface area is 171 Å². The Kier molecular flexibility index (Phi) is 5.63. The number of nitrogens with zero attached hydrogens (tertiary/aromatic N) is 1. The Morgan fingerprint density at radius 2 is 1.75 bits per heavy atom. The number of fused-ring (bicyclic) bond motifs is 1. The number of pyridine rings is 1. The fourth-order valence-corrected chi connectivity index (χ4v) is 4.53. The number of hydrogen-bond donors (Lipinski definition) is 1. The van der Waals surface area contributed by atoms with E-state index in [-0.39, 0.29) is 11.8 Å². The lowest BCUT2D eigenvalue weighted by atomic mass is 9.73. The predicted octanol–water partition coefficient (Wildman–Crippen LogP) is 6.44. The highest BCUT2D eigenvalue weighted by atomic mass is 35.5. The lowest BCUT2D eigenvalue weighted by Crippen LogP contribution is -2.29. The first kappa shape index (κ1) is 18.9. The summed E-state index contributed by atoms with van der Waals surface area (Å²) in [5.41, 5.74) is 3.28. The van der Waals surface area contributed by atoms with E-state index in [9.17, 15) is 4.79 Å². The summed E-state index contributed by atoms with van der Waals surface area (Å²) in [6.07, 6.45) is 6.33. The molecule has 3 aromatic rings. The molecule has 0 aliphatic heterocycles. The van der Waals surface area contributed by atoms with E-state index in [2.05, 4.69) is 41.5 Å². The van der Waals surface area contributed by atoms with Gasteiger partial charge in [-0.2, -0.15) is 0 Å². The van der Waals surface area contributed by atoms with E-state index in [1.165, 1.54) is 10.9 Å². The van der Waals surface area contributed by atoms with E-state index in [4.69, 9.17) is 11.6 Å². The summed E-state index contributed by atoms with van der Waals surface area (Å²) in [5.74, 6) is 1.08. The molecule has 1 amide bonds. The number of hydrogen-bond acceptors (Lipinski definition) is 2. The van der Waals surface area contributed by atoms with Crippen molar-refractivity contribution in [3.63, 3.8) is 0 Å². The molecule has 1 atom stereocenters. The van der Waals surface area contributed by atoms with E-state index in [1.807, 2.05) is 24.4 Å². The summed E-state index contributed by atoms with van der Waals surface area (Å²) in [4.78, 5) is 17.2. The van der Waals surface area contributed by atoms with Gasteiger partial charge in [0, 0.05) is 28.2 Å². The van der Waals surface area contributed by atoms with Crippen LogP contribution in [0.5, 0.6) is 0 Å². The first-order valence-electron chi connectivity index (χ1n) is 10.0. The number of amides is 1. The van der Waals surface area contributed by atoms with Gasteiger partial charge >= 0.3 is 0 Å². The van der Waals surface area contributed by atoms with Gasteiger partial charge in [0.25, 0.3) is 0 Å². The predicted molar refractivity (Wildman–Crippen MR) is 116 cm³/mol. The van der Waals surface area contributed by atoms with Gasteiger partial charge < -0.3 is 5.32 Å². The van der Waals surface area contributed by atoms with Gasteiger partial charge in [-0.3, -0.25) is 9.78 Å². The minimum absolute atomic E-state index is 0.00538. The van der Waals surface area contributed by atoms with Crippen molar-refractivity contribution in [3.8, 4) is 0 Å². The normalized spacial score (nSPS) is 20.6. The van der Waals surface area contributed by atoms with Crippen LogP contribution in [0.2, 0.25) is 5.02 Å². The molecule has 28 heavy (non-hydrogen) atoms. The number of aromatic nitrogens is 1. The van der Waals surface area contributed by atoms with Crippen molar-refractivity contribution >= 4 is 34.1 Å². The molecule has 3 nitrogen and oxygen atoms in total. The molecule has 1 heterocycles. The topological polar surface area (TPSA) is 42.0 Å². The number of halogens is 1. The van der Waals surface area contributed by atoms with Crippen LogP contribution < -0.4 is 5.32 Å². The smallest absolute Gasteiger partial charge is 0.227 e. The van der Waals surface area contributed by atoms with Crippen molar-refractivity contribution in [2.24, 2.45) is 11.8 Å². The van der Waals surface area contributed by atoms with Crippen molar-refractivity contribution in [2.75, 3.05) is 5.32 Å². The Hall–Kier alpha value is -2.39. The highest BCUT2D eigenvalue weighted by Gasteiger charge is 2.30. The van der Waals surface area contributed by atoms with Gasteiger partial charge in [0.1, 0.15) is 0 Å². The summed E-state index contributed by atoms with van der Waals surface area (Å²) >= 11 is 5.92. The number of carbonyl (C=O) groups excluding carboxylic acids is 1. The molecule has 1 saturated carbocycles. The molecule has 2 aromatic carbocycles. The highest BCUT2D eigenvalue weighted by molar-refractivity contribution is 6.30. The molecule has 0 spiro atoms. The van der Waals surface area contributed by atoms with E-state index < -0.39 is 0 Å². The van der Waals surface area contributed by atoms with Gasteiger partial charge in [0.15, 0.2) is 0 Å². The molecular formula is C24H25ClN2O. The van der Waals surface area contributed by atoms with Crippen molar-refractivity contribution < 1.29 is 4.79 Å². The first-order valence-corrected chi connectivity index (χ1v) is 10.4. The summed E-state index contributed by atoms with van der Waals surface area (Å²) in [7, 11) is 0. The largest absolute Gasteiger partial charge is 0.326 e. The Balaban J connectivity index is 1.39. The summed E-state index contributed by atoms with van der Waals surface area (Å²) in [6, 6.07) is 17.8. The lowest BCUT2D eigenvalue weighted by Gasteiger charge is -2.32.